The second-order valence-electron chi connectivity index (χ2n) is 37.9. The van der Waals surface area contributed by atoms with Crippen molar-refractivity contribution in [3.05, 3.63) is 0 Å². The van der Waals surface area contributed by atoms with Crippen molar-refractivity contribution < 1.29 is 23.7 Å². The van der Waals surface area contributed by atoms with Crippen LogP contribution in [-0.2, 0) is 23.7 Å². The Kier molecular flexibility index (Phi) is 25.7. The summed E-state index contributed by atoms with van der Waals surface area (Å²) in [7, 11) is 0. The predicted molar refractivity (Wildman–Crippen MR) is 358 cm³/mol. The van der Waals surface area contributed by atoms with Crippen molar-refractivity contribution in [2.24, 2.45) is 97.6 Å². The molecule has 8 bridgehead atoms. The summed E-state index contributed by atoms with van der Waals surface area (Å²) in [5.41, 5.74) is 3.12. The molecular formula is C78H148O5. The van der Waals surface area contributed by atoms with Crippen LogP contribution in [0.3, 0.4) is 0 Å². The standard InChI is InChI=1S/C14H26O.C14H28O.C14H24.C13H24O.C13H26O.C10H20O/c1-12(2,3)15-11-9-10-7-8-14(11,6)13(10,4)5;1-10(2)12-8-7-11(3)9-13(12)15-14(4,5)6;1-13(2,3)14-7-10-4-11(8-14)6-12(5-10)9-14;1-9(2)14-11-12(3,4)10-6-7-13(11,5)8-10;1-9(2)12-7-6-11(5)8-13(12)14-10(3)4;1-10(2,3)11-9-7-5-4-6-8-9/h10-11H,7-9H2,1-6H3;10-13H,7-9H2,1-6H3;10-12H,4-9H2,1-3H3;9-11H,6-8H2,1-5H3;9-13H,6-8H2,1-5H3;9H,4-8H2,1-3H3/t;11-,12+,13-;;10-,11-,13+;11-,12+,13-;/m.1.00./s1. The van der Waals surface area contributed by atoms with Gasteiger partial charge in [0.15, 0.2) is 0 Å². The molecule has 0 aromatic rings. The molecule has 5 nitrogen and oxygen atoms in total. The van der Waals surface area contributed by atoms with Crippen LogP contribution < -0.4 is 0 Å². The van der Waals surface area contributed by atoms with E-state index in [0.717, 1.165) is 70.5 Å². The van der Waals surface area contributed by atoms with Crippen LogP contribution in [0.2, 0.25) is 0 Å². The summed E-state index contributed by atoms with van der Waals surface area (Å²) in [5, 5.41) is 0. The van der Waals surface area contributed by atoms with E-state index in [4.69, 9.17) is 23.7 Å². The summed E-state index contributed by atoms with van der Waals surface area (Å²) < 4.78 is 30.6. The maximum Gasteiger partial charge on any atom is 0.0685 e. The number of rotatable bonds is 9. The number of hydrogen-bond donors (Lipinski definition) is 0. The van der Waals surface area contributed by atoms with Gasteiger partial charge in [0.05, 0.1) is 59.5 Å². The first-order valence-electron chi connectivity index (χ1n) is 36.2. The van der Waals surface area contributed by atoms with E-state index in [0.29, 0.717) is 69.8 Å². The largest absolute Gasteiger partial charge is 0.375 e. The molecule has 490 valence electrons. The van der Waals surface area contributed by atoms with E-state index >= 15 is 0 Å². The quantitative estimate of drug-likeness (QED) is 0.230. The Morgan fingerprint density at radius 1 is 0.422 bits per heavy atom. The van der Waals surface area contributed by atoms with Gasteiger partial charge in [-0.15, -0.1) is 0 Å². The second-order valence-corrected chi connectivity index (χ2v) is 37.9. The van der Waals surface area contributed by atoms with E-state index in [9.17, 15) is 0 Å². The maximum absolute atomic E-state index is 6.27. The lowest BCUT2D eigenvalue weighted by Gasteiger charge is -2.62. The van der Waals surface area contributed by atoms with Crippen LogP contribution in [0, 0.1) is 97.6 Å². The summed E-state index contributed by atoms with van der Waals surface area (Å²) in [6.07, 6.45) is 35.5. The highest BCUT2D eigenvalue weighted by Gasteiger charge is 2.63. The summed E-state index contributed by atoms with van der Waals surface area (Å²) in [5.74, 6) is 9.89. The minimum Gasteiger partial charge on any atom is -0.375 e. The molecule has 5 heteroatoms. The average molecular weight is 1170 g/mol. The Hall–Kier alpha value is -0.200. The zero-order valence-corrected chi connectivity index (χ0v) is 61.2. The number of ether oxygens (including phenoxy) is 5. The van der Waals surface area contributed by atoms with Crippen LogP contribution in [0.5, 0.6) is 0 Å². The molecule has 83 heavy (non-hydrogen) atoms. The Morgan fingerprint density at radius 3 is 1.24 bits per heavy atom. The van der Waals surface area contributed by atoms with Crippen LogP contribution in [0.4, 0.5) is 0 Å². The highest BCUT2D eigenvalue weighted by atomic mass is 16.5. The summed E-state index contributed by atoms with van der Waals surface area (Å²) in [4.78, 5) is 0. The third kappa shape index (κ3) is 20.1. The van der Waals surface area contributed by atoms with E-state index in [1.54, 1.807) is 38.5 Å². The van der Waals surface area contributed by atoms with Gasteiger partial charge in [0.25, 0.3) is 0 Å². The number of fused-ring (bicyclic) bond motifs is 4. The van der Waals surface area contributed by atoms with Crippen LogP contribution >= 0.6 is 0 Å². The topological polar surface area (TPSA) is 46.2 Å². The normalized spacial score (nSPS) is 38.8. The van der Waals surface area contributed by atoms with Gasteiger partial charge >= 0.3 is 0 Å². The van der Waals surface area contributed by atoms with Crippen LogP contribution in [0.1, 0.15) is 342 Å². The SMILES string of the molecule is CC(C)(C)C12CC3CC(CC(C3)C1)C2.CC(C)(C)OC1CC2CCC1(C)C2(C)C.CC(C)(C)OC1CCCCC1.CC(C)O[C@H]1C(C)(C)[C@H]2CC[C@]1(C)C2.CC(C)O[C@H]1C[C@@H](C)CC[C@@H]1C(C)C.CC(C)[C@@H]1CC[C@@H](C)C[C@H]1OC(C)(C)C. The lowest BCUT2D eigenvalue weighted by Crippen LogP contribution is -2.51. The van der Waals surface area contributed by atoms with E-state index in [1.807, 2.05) is 0 Å². The molecule has 3 unspecified atom stereocenters. The lowest BCUT2D eigenvalue weighted by atomic mass is 9.43. The monoisotopic (exact) mass is 1170 g/mol. The third-order valence-corrected chi connectivity index (χ3v) is 24.3. The van der Waals surface area contributed by atoms with Gasteiger partial charge in [-0.25, -0.2) is 0 Å². The molecule has 12 atom stereocenters. The fourth-order valence-electron chi connectivity index (χ4n) is 19.6. The van der Waals surface area contributed by atoms with Crippen molar-refractivity contribution in [2.45, 2.75) is 401 Å². The van der Waals surface area contributed by atoms with Gasteiger partial charge in [0.1, 0.15) is 0 Å². The molecule has 0 aliphatic heterocycles. The van der Waals surface area contributed by atoms with Gasteiger partial charge in [-0.1, -0.05) is 136 Å². The summed E-state index contributed by atoms with van der Waals surface area (Å²) in [6, 6.07) is 0. The first kappa shape index (κ1) is 73.5. The van der Waals surface area contributed by atoms with Gasteiger partial charge in [0, 0.05) is 0 Å². The van der Waals surface area contributed by atoms with Gasteiger partial charge < -0.3 is 23.7 Å². The van der Waals surface area contributed by atoms with Gasteiger partial charge in [-0.2, -0.15) is 0 Å². The average Bonchev–Trinajstić information content (AvgIpc) is 3.34. The van der Waals surface area contributed by atoms with Crippen molar-refractivity contribution in [2.75, 3.05) is 0 Å². The van der Waals surface area contributed by atoms with E-state index in [2.05, 4.69) is 194 Å². The third-order valence-electron chi connectivity index (χ3n) is 24.3. The Labute approximate surface area is 519 Å². The molecule has 0 saturated heterocycles. The summed E-state index contributed by atoms with van der Waals surface area (Å²) >= 11 is 0. The Morgan fingerprint density at radius 2 is 0.867 bits per heavy atom. The molecule has 11 fully saturated rings. The van der Waals surface area contributed by atoms with Gasteiger partial charge in [0.2, 0.25) is 0 Å². The molecule has 0 amide bonds. The molecule has 11 aliphatic rings. The summed E-state index contributed by atoms with van der Waals surface area (Å²) in [6.45, 7) is 64.1. The Balaban J connectivity index is 0.000000183. The molecule has 11 saturated carbocycles. The van der Waals surface area contributed by atoms with E-state index in [-0.39, 0.29) is 16.8 Å². The fourth-order valence-corrected chi connectivity index (χ4v) is 19.6. The van der Waals surface area contributed by atoms with Crippen molar-refractivity contribution in [1.82, 2.24) is 0 Å². The minimum absolute atomic E-state index is 0.00817. The second kappa shape index (κ2) is 29.0. The molecule has 0 radical (unpaired) electrons. The smallest absolute Gasteiger partial charge is 0.0685 e. The predicted octanol–water partition coefficient (Wildman–Crippen LogP) is 23.2. The van der Waals surface area contributed by atoms with E-state index < -0.39 is 0 Å². The van der Waals surface area contributed by atoms with Crippen molar-refractivity contribution in [1.29, 1.82) is 0 Å². The maximum atomic E-state index is 6.27. The zero-order chi connectivity index (χ0) is 62.7. The van der Waals surface area contributed by atoms with Crippen molar-refractivity contribution in [3.63, 3.8) is 0 Å². The fraction of sp³-hybridized carbons (Fsp3) is 1.00. The molecule has 11 aliphatic carbocycles. The zero-order valence-electron chi connectivity index (χ0n) is 61.2. The van der Waals surface area contributed by atoms with E-state index in [1.165, 1.54) is 109 Å². The first-order chi connectivity index (χ1) is 37.9. The Bertz CT molecular complexity index is 1850. The minimum atomic E-state index is 0.00817. The van der Waals surface area contributed by atoms with Crippen LogP contribution in [0.25, 0.3) is 0 Å². The highest BCUT2D eigenvalue weighted by molar-refractivity contribution is 5.12. The molecule has 11 rings (SSSR count). The molecule has 0 N–H and O–H groups in total. The van der Waals surface area contributed by atoms with Crippen molar-refractivity contribution in [3.8, 4) is 0 Å². The molecular weight excluding hydrogens is 1020 g/mol. The van der Waals surface area contributed by atoms with Crippen LogP contribution in [0.15, 0.2) is 0 Å². The van der Waals surface area contributed by atoms with Gasteiger partial charge in [-0.05, 0) is 303 Å². The molecule has 0 spiro atoms. The van der Waals surface area contributed by atoms with Crippen LogP contribution in [-0.4, -0.2) is 59.5 Å². The lowest BCUT2D eigenvalue weighted by molar-refractivity contribution is -0.119. The molecule has 0 heterocycles. The van der Waals surface area contributed by atoms with Gasteiger partial charge in [-0.3, -0.25) is 0 Å². The van der Waals surface area contributed by atoms with Crippen molar-refractivity contribution >= 4 is 0 Å². The number of hydrogen-bond acceptors (Lipinski definition) is 5. The first-order valence-corrected chi connectivity index (χ1v) is 36.2. The highest BCUT2D eigenvalue weighted by Crippen LogP contribution is 2.68. The molecule has 0 aromatic carbocycles. The molecule has 0 aromatic heterocycles.